The van der Waals surface area contributed by atoms with Gasteiger partial charge in [0.1, 0.15) is 11.9 Å². The van der Waals surface area contributed by atoms with Crippen LogP contribution in [0.3, 0.4) is 0 Å². The van der Waals surface area contributed by atoms with Gasteiger partial charge in [0.15, 0.2) is 0 Å². The van der Waals surface area contributed by atoms with Gasteiger partial charge >= 0.3 is 0 Å². The topological polar surface area (TPSA) is 98.8 Å². The third kappa shape index (κ3) is 5.49. The summed E-state index contributed by atoms with van der Waals surface area (Å²) in [5.41, 5.74) is 7.52. The highest BCUT2D eigenvalue weighted by Gasteiger charge is 2.46. The molecule has 3 heterocycles. The molecular weight excluding hydrogens is 442 g/mol. The van der Waals surface area contributed by atoms with Gasteiger partial charge in [0.05, 0.1) is 12.0 Å². The van der Waals surface area contributed by atoms with Gasteiger partial charge in [-0.05, 0) is 83.0 Å². The Morgan fingerprint density at radius 1 is 1.20 bits per heavy atom. The molecule has 1 saturated heterocycles. The fraction of sp³-hybridized carbons (Fsp3) is 0.519. The highest BCUT2D eigenvalue weighted by molar-refractivity contribution is 6.03. The third-order valence-electron chi connectivity index (χ3n) is 6.78. The number of carbonyl (C=O) groups excluding carboxylic acids is 1. The number of aryl methyl sites for hydroxylation is 2. The summed E-state index contributed by atoms with van der Waals surface area (Å²) >= 11 is 0. The molecule has 0 spiro atoms. The number of pyridine rings is 1. The van der Waals surface area contributed by atoms with Crippen molar-refractivity contribution in [1.29, 1.82) is 0 Å². The van der Waals surface area contributed by atoms with Crippen LogP contribution in [0, 0.1) is 25.7 Å². The van der Waals surface area contributed by atoms with Gasteiger partial charge in [-0.25, -0.2) is 5.01 Å². The highest BCUT2D eigenvalue weighted by Crippen LogP contribution is 2.35. The molecule has 0 saturated carbocycles. The molecule has 2 aliphatic heterocycles. The van der Waals surface area contributed by atoms with E-state index in [0.29, 0.717) is 18.5 Å². The quantitative estimate of drug-likeness (QED) is 0.567. The Balaban J connectivity index is 1.57. The van der Waals surface area contributed by atoms with Crippen molar-refractivity contribution in [2.24, 2.45) is 16.8 Å². The standard InChI is InChI=1S/C27H37N5O3/c1-15(2)32-25-23(14-29-32)21(26(33)28-13-22-17(5)11-18(6)30-27(22)34)12-24(31-25)19-7-9-20(10-8-19)35-16(3)4/h7-11,15-16,21,23,25,29H,12-14H2,1-6H3,(H,28,33)(H,30,34). The van der Waals surface area contributed by atoms with Gasteiger partial charge in [0.2, 0.25) is 5.91 Å². The summed E-state index contributed by atoms with van der Waals surface area (Å²) in [6, 6.07) is 10.1. The van der Waals surface area contributed by atoms with Gasteiger partial charge in [-0.1, -0.05) is 0 Å². The number of nitrogens with one attached hydrogen (secondary N) is 3. The van der Waals surface area contributed by atoms with Crippen molar-refractivity contribution >= 4 is 11.6 Å². The van der Waals surface area contributed by atoms with Gasteiger partial charge in [-0.3, -0.25) is 20.0 Å². The molecule has 0 aliphatic carbocycles. The minimum Gasteiger partial charge on any atom is -0.491 e. The Labute approximate surface area is 207 Å². The Bertz CT molecular complexity index is 1150. The number of aliphatic imine (C=N–C) groups is 1. The van der Waals surface area contributed by atoms with Crippen molar-refractivity contribution in [3.05, 3.63) is 63.1 Å². The lowest BCUT2D eigenvalue weighted by Crippen LogP contribution is -2.48. The number of aromatic nitrogens is 1. The lowest BCUT2D eigenvalue weighted by molar-refractivity contribution is -0.127. The summed E-state index contributed by atoms with van der Waals surface area (Å²) in [7, 11) is 0. The van der Waals surface area contributed by atoms with Crippen molar-refractivity contribution in [2.45, 2.75) is 72.8 Å². The zero-order chi connectivity index (χ0) is 25.3. The fourth-order valence-electron chi connectivity index (χ4n) is 5.07. The first-order valence-electron chi connectivity index (χ1n) is 12.5. The van der Waals surface area contributed by atoms with Crippen molar-refractivity contribution in [2.75, 3.05) is 6.54 Å². The zero-order valence-corrected chi connectivity index (χ0v) is 21.5. The number of hydrazine groups is 1. The average Bonchev–Trinajstić information content (AvgIpc) is 3.22. The lowest BCUT2D eigenvalue weighted by Gasteiger charge is -2.35. The van der Waals surface area contributed by atoms with Crippen LogP contribution < -0.4 is 21.0 Å². The second-order valence-electron chi connectivity index (χ2n) is 10.2. The number of H-pyrrole nitrogens is 1. The average molecular weight is 480 g/mol. The van der Waals surface area contributed by atoms with E-state index < -0.39 is 0 Å². The van der Waals surface area contributed by atoms with Crippen LogP contribution in [0.2, 0.25) is 0 Å². The number of hydrogen-bond acceptors (Lipinski definition) is 6. The number of ether oxygens (including phenoxy) is 1. The number of amides is 1. The molecule has 0 radical (unpaired) electrons. The van der Waals surface area contributed by atoms with Crippen LogP contribution >= 0.6 is 0 Å². The van der Waals surface area contributed by atoms with Crippen LogP contribution in [0.5, 0.6) is 5.75 Å². The number of carbonyl (C=O) groups is 1. The van der Waals surface area contributed by atoms with Crippen molar-refractivity contribution in [1.82, 2.24) is 20.7 Å². The fourth-order valence-corrected chi connectivity index (χ4v) is 5.07. The van der Waals surface area contributed by atoms with Crippen molar-refractivity contribution in [3.63, 3.8) is 0 Å². The van der Waals surface area contributed by atoms with E-state index in [1.807, 2.05) is 58.0 Å². The van der Waals surface area contributed by atoms with E-state index in [9.17, 15) is 9.59 Å². The van der Waals surface area contributed by atoms with Crippen LogP contribution in [-0.2, 0) is 11.3 Å². The summed E-state index contributed by atoms with van der Waals surface area (Å²) < 4.78 is 5.78. The van der Waals surface area contributed by atoms with Crippen LogP contribution in [0.15, 0.2) is 40.1 Å². The molecule has 1 amide bonds. The predicted molar refractivity (Wildman–Crippen MR) is 137 cm³/mol. The molecular formula is C27H37N5O3. The third-order valence-corrected chi connectivity index (χ3v) is 6.78. The number of aromatic amines is 1. The van der Waals surface area contributed by atoms with E-state index in [0.717, 1.165) is 28.3 Å². The maximum Gasteiger partial charge on any atom is 0.253 e. The first-order valence-corrected chi connectivity index (χ1v) is 12.5. The normalized spacial score (nSPS) is 22.3. The van der Waals surface area contributed by atoms with Crippen molar-refractivity contribution in [3.8, 4) is 5.75 Å². The molecule has 2 aromatic rings. The maximum atomic E-state index is 13.5. The van der Waals surface area contributed by atoms with Crippen LogP contribution in [0.25, 0.3) is 0 Å². The Morgan fingerprint density at radius 3 is 2.54 bits per heavy atom. The van der Waals surface area contributed by atoms with E-state index in [-0.39, 0.29) is 48.2 Å². The molecule has 188 valence electrons. The van der Waals surface area contributed by atoms with Crippen molar-refractivity contribution < 1.29 is 9.53 Å². The Kier molecular flexibility index (Phi) is 7.42. The van der Waals surface area contributed by atoms with E-state index in [2.05, 4.69) is 34.6 Å². The SMILES string of the molecule is Cc1cc(C)c(CNC(=O)C2CC(c3ccc(OC(C)C)cc3)=NC3C2CNN3C(C)C)c(=O)[nH]1. The summed E-state index contributed by atoms with van der Waals surface area (Å²) in [6.45, 7) is 12.9. The zero-order valence-electron chi connectivity index (χ0n) is 21.5. The molecule has 1 fully saturated rings. The number of hydrogen-bond donors (Lipinski definition) is 3. The van der Waals surface area contributed by atoms with Gasteiger partial charge in [0, 0.05) is 48.4 Å². The first-order chi connectivity index (χ1) is 16.6. The van der Waals surface area contributed by atoms with Crippen LogP contribution in [0.1, 0.15) is 56.5 Å². The molecule has 3 unspecified atom stereocenters. The van der Waals surface area contributed by atoms with Crippen LogP contribution in [-0.4, -0.2) is 46.5 Å². The van der Waals surface area contributed by atoms with E-state index in [1.54, 1.807) is 0 Å². The molecule has 3 atom stereocenters. The van der Waals surface area contributed by atoms with E-state index in [1.165, 1.54) is 0 Å². The molecule has 4 rings (SSSR count). The Morgan fingerprint density at radius 2 is 1.91 bits per heavy atom. The summed E-state index contributed by atoms with van der Waals surface area (Å²) in [5, 5.41) is 5.20. The molecule has 8 heteroatoms. The number of nitrogens with zero attached hydrogens (tertiary/aromatic N) is 2. The smallest absolute Gasteiger partial charge is 0.253 e. The van der Waals surface area contributed by atoms with E-state index >= 15 is 0 Å². The number of benzene rings is 1. The first kappa shape index (κ1) is 25.1. The van der Waals surface area contributed by atoms with Gasteiger partial charge in [-0.15, -0.1) is 0 Å². The second-order valence-corrected chi connectivity index (χ2v) is 10.2. The summed E-state index contributed by atoms with van der Waals surface area (Å²) in [5.74, 6) is 0.582. The Hall–Kier alpha value is -2.97. The molecule has 35 heavy (non-hydrogen) atoms. The minimum atomic E-state index is -0.250. The molecule has 3 N–H and O–H groups in total. The monoisotopic (exact) mass is 479 g/mol. The number of rotatable bonds is 7. The molecule has 2 aliphatic rings. The number of fused-ring (bicyclic) bond motifs is 1. The summed E-state index contributed by atoms with van der Waals surface area (Å²) in [6.07, 6.45) is 0.537. The van der Waals surface area contributed by atoms with Gasteiger partial charge in [-0.2, -0.15) is 0 Å². The second kappa shape index (κ2) is 10.3. The largest absolute Gasteiger partial charge is 0.491 e. The van der Waals surface area contributed by atoms with Gasteiger partial charge in [0.25, 0.3) is 5.56 Å². The molecule has 1 aromatic heterocycles. The lowest BCUT2D eigenvalue weighted by atomic mass is 9.81. The molecule has 0 bridgehead atoms. The predicted octanol–water partition coefficient (Wildman–Crippen LogP) is 3.08. The summed E-state index contributed by atoms with van der Waals surface area (Å²) in [4.78, 5) is 33.8. The minimum absolute atomic E-state index is 0.0426. The molecule has 1 aromatic carbocycles. The van der Waals surface area contributed by atoms with E-state index in [4.69, 9.17) is 9.73 Å². The van der Waals surface area contributed by atoms with Crippen LogP contribution in [0.4, 0.5) is 0 Å². The molecule has 8 nitrogen and oxygen atoms in total. The van der Waals surface area contributed by atoms with Gasteiger partial charge < -0.3 is 15.0 Å². The maximum absolute atomic E-state index is 13.5. The highest BCUT2D eigenvalue weighted by atomic mass is 16.5.